The van der Waals surface area contributed by atoms with Crippen LogP contribution in [-0.4, -0.2) is 11.6 Å². The second kappa shape index (κ2) is 21.5. The van der Waals surface area contributed by atoms with Crippen molar-refractivity contribution < 1.29 is 9.59 Å². The molecule has 4 heteroatoms. The number of aryl methyl sites for hydroxylation is 2. The predicted octanol–water partition coefficient (Wildman–Crippen LogP) is 11.8. The quantitative estimate of drug-likeness (QED) is 0.0690. The summed E-state index contributed by atoms with van der Waals surface area (Å²) in [6, 6.07) is 7.80. The van der Waals surface area contributed by atoms with Crippen molar-refractivity contribution in [1.82, 2.24) is 0 Å². The highest BCUT2D eigenvalue weighted by Crippen LogP contribution is 2.25. The summed E-state index contributed by atoms with van der Waals surface area (Å²) in [5.41, 5.74) is 0. The van der Waals surface area contributed by atoms with E-state index in [1.165, 1.54) is 161 Å². The topological polar surface area (TPSA) is 34.1 Å². The first-order chi connectivity index (χ1) is 18.7. The first-order valence-corrected chi connectivity index (χ1v) is 17.6. The molecule has 2 rings (SSSR count). The Kier molecular flexibility index (Phi) is 18.7. The van der Waals surface area contributed by atoms with Gasteiger partial charge in [-0.25, -0.2) is 0 Å². The fourth-order valence-electron chi connectivity index (χ4n) is 5.07. The minimum Gasteiger partial charge on any atom is -0.284 e. The average molecular weight is 559 g/mol. The van der Waals surface area contributed by atoms with Gasteiger partial charge in [-0.3, -0.25) is 9.59 Å². The van der Waals surface area contributed by atoms with Gasteiger partial charge in [0.1, 0.15) is 0 Å². The molecular formula is C34H54O2S2. The van der Waals surface area contributed by atoms with E-state index in [0.717, 1.165) is 12.8 Å². The number of rotatable bonds is 25. The summed E-state index contributed by atoms with van der Waals surface area (Å²) in [5, 5.41) is 0. The van der Waals surface area contributed by atoms with Crippen LogP contribution < -0.4 is 0 Å². The molecule has 0 fully saturated rings. The van der Waals surface area contributed by atoms with Gasteiger partial charge in [0.2, 0.25) is 11.6 Å². The van der Waals surface area contributed by atoms with Crippen molar-refractivity contribution in [2.24, 2.45) is 0 Å². The molecule has 0 aliphatic carbocycles. The van der Waals surface area contributed by atoms with Crippen LogP contribution in [-0.2, 0) is 12.8 Å². The molecule has 2 aromatic rings. The van der Waals surface area contributed by atoms with E-state index in [1.54, 1.807) is 0 Å². The van der Waals surface area contributed by atoms with Crippen molar-refractivity contribution in [2.45, 2.75) is 155 Å². The van der Waals surface area contributed by atoms with Crippen LogP contribution in [0.5, 0.6) is 0 Å². The molecule has 2 nitrogen and oxygen atoms in total. The maximum Gasteiger partial charge on any atom is 0.244 e. The molecule has 2 aromatic heterocycles. The van der Waals surface area contributed by atoms with Crippen molar-refractivity contribution in [3.8, 4) is 0 Å². The Hall–Kier alpha value is -1.26. The van der Waals surface area contributed by atoms with E-state index in [0.29, 0.717) is 9.75 Å². The van der Waals surface area contributed by atoms with E-state index in [2.05, 4.69) is 13.8 Å². The Morgan fingerprint density at radius 3 is 1.05 bits per heavy atom. The SMILES string of the molecule is CCCCCCCCCCCCc1ccc(C(=O)C(=O)c2ccc(CCCCCCCCCCCC)s2)s1. The van der Waals surface area contributed by atoms with Gasteiger partial charge >= 0.3 is 0 Å². The molecule has 0 atom stereocenters. The lowest BCUT2D eigenvalue weighted by atomic mass is 10.1. The van der Waals surface area contributed by atoms with Gasteiger partial charge in [0, 0.05) is 9.75 Å². The molecule has 0 spiro atoms. The van der Waals surface area contributed by atoms with Crippen molar-refractivity contribution in [1.29, 1.82) is 0 Å². The van der Waals surface area contributed by atoms with E-state index in [4.69, 9.17) is 0 Å². The molecule has 0 saturated heterocycles. The molecule has 0 radical (unpaired) electrons. The molecule has 0 bridgehead atoms. The van der Waals surface area contributed by atoms with Gasteiger partial charge in [0.25, 0.3) is 0 Å². The van der Waals surface area contributed by atoms with Gasteiger partial charge in [0.05, 0.1) is 9.75 Å². The second-order valence-corrected chi connectivity index (χ2v) is 13.4. The second-order valence-electron chi connectivity index (χ2n) is 11.1. The van der Waals surface area contributed by atoms with Crippen LogP contribution in [0.1, 0.15) is 171 Å². The number of carbonyl (C=O) groups excluding carboxylic acids is 2. The van der Waals surface area contributed by atoms with E-state index in [9.17, 15) is 9.59 Å². The average Bonchev–Trinajstić information content (AvgIpc) is 3.60. The van der Waals surface area contributed by atoms with E-state index in [-0.39, 0.29) is 11.6 Å². The van der Waals surface area contributed by atoms with Crippen LogP contribution in [0.3, 0.4) is 0 Å². The number of carbonyl (C=O) groups is 2. The maximum atomic E-state index is 12.8. The monoisotopic (exact) mass is 558 g/mol. The molecule has 0 saturated carbocycles. The molecule has 0 aliphatic heterocycles. The Morgan fingerprint density at radius 2 is 0.737 bits per heavy atom. The third-order valence-electron chi connectivity index (χ3n) is 7.53. The van der Waals surface area contributed by atoms with Crippen molar-refractivity contribution in [2.75, 3.05) is 0 Å². The van der Waals surface area contributed by atoms with Crippen LogP contribution >= 0.6 is 22.7 Å². The number of unbranched alkanes of at least 4 members (excludes halogenated alkanes) is 18. The van der Waals surface area contributed by atoms with Crippen LogP contribution in [0.25, 0.3) is 0 Å². The lowest BCUT2D eigenvalue weighted by Gasteiger charge is -2.02. The number of ketones is 2. The summed E-state index contributed by atoms with van der Waals surface area (Å²) in [5.74, 6) is -0.673. The van der Waals surface area contributed by atoms with Crippen LogP contribution in [0, 0.1) is 0 Å². The van der Waals surface area contributed by atoms with Crippen LogP contribution in [0.4, 0.5) is 0 Å². The number of Topliss-reactive ketones (excluding diaryl/α,β-unsaturated/α-hetero) is 2. The molecule has 2 heterocycles. The Bertz CT molecular complexity index is 806. The molecule has 0 aromatic carbocycles. The molecule has 0 aliphatic rings. The van der Waals surface area contributed by atoms with Crippen molar-refractivity contribution in [3.05, 3.63) is 43.8 Å². The highest BCUT2D eigenvalue weighted by Gasteiger charge is 2.21. The largest absolute Gasteiger partial charge is 0.284 e. The third-order valence-corrected chi connectivity index (χ3v) is 9.82. The Balaban J connectivity index is 1.58. The van der Waals surface area contributed by atoms with Gasteiger partial charge in [-0.2, -0.15) is 0 Å². The minimum absolute atomic E-state index is 0.336. The summed E-state index contributed by atoms with van der Waals surface area (Å²) in [6.45, 7) is 4.53. The fourth-order valence-corrected chi connectivity index (χ4v) is 7.04. The molecule has 214 valence electrons. The van der Waals surface area contributed by atoms with E-state index >= 15 is 0 Å². The Labute approximate surface area is 242 Å². The number of thiophene rings is 2. The number of hydrogen-bond donors (Lipinski definition) is 0. The zero-order chi connectivity index (χ0) is 27.3. The molecule has 0 N–H and O–H groups in total. The molecule has 0 unspecified atom stereocenters. The third kappa shape index (κ3) is 14.2. The zero-order valence-corrected chi connectivity index (χ0v) is 26.1. The van der Waals surface area contributed by atoms with E-state index < -0.39 is 0 Å². The fraction of sp³-hybridized carbons (Fsp3) is 0.706. The van der Waals surface area contributed by atoms with Gasteiger partial charge in [-0.05, 0) is 49.9 Å². The van der Waals surface area contributed by atoms with Crippen LogP contribution in [0.15, 0.2) is 24.3 Å². The normalized spacial score (nSPS) is 11.3. The molecule has 0 amide bonds. The first kappa shape index (κ1) is 32.9. The molecular weight excluding hydrogens is 505 g/mol. The molecule has 38 heavy (non-hydrogen) atoms. The van der Waals surface area contributed by atoms with Crippen LogP contribution in [0.2, 0.25) is 0 Å². The summed E-state index contributed by atoms with van der Waals surface area (Å²) >= 11 is 3.03. The minimum atomic E-state index is -0.336. The van der Waals surface area contributed by atoms with Gasteiger partial charge in [-0.15, -0.1) is 22.7 Å². The summed E-state index contributed by atoms with van der Waals surface area (Å²) in [4.78, 5) is 29.3. The Morgan fingerprint density at radius 1 is 0.447 bits per heavy atom. The summed E-state index contributed by atoms with van der Waals surface area (Å²) < 4.78 is 0. The summed E-state index contributed by atoms with van der Waals surface area (Å²) in [6.07, 6.45) is 28.7. The number of hydrogen-bond acceptors (Lipinski definition) is 4. The van der Waals surface area contributed by atoms with Gasteiger partial charge < -0.3 is 0 Å². The standard InChI is InChI=1S/C34H54O2S2/c1-3-5-7-9-11-13-15-17-19-21-23-29-25-27-31(37-29)33(35)34(36)32-28-26-30(38-32)24-22-20-18-16-14-12-10-8-6-4-2/h25-28H,3-24H2,1-2H3. The lowest BCUT2D eigenvalue weighted by molar-refractivity contribution is 0.0821. The van der Waals surface area contributed by atoms with E-state index in [1.807, 2.05) is 24.3 Å². The lowest BCUT2D eigenvalue weighted by Crippen LogP contribution is -2.11. The maximum absolute atomic E-state index is 12.8. The van der Waals surface area contributed by atoms with Crippen molar-refractivity contribution >= 4 is 34.2 Å². The zero-order valence-electron chi connectivity index (χ0n) is 24.5. The summed E-state index contributed by atoms with van der Waals surface area (Å²) in [7, 11) is 0. The highest BCUT2D eigenvalue weighted by atomic mass is 32.1. The highest BCUT2D eigenvalue weighted by molar-refractivity contribution is 7.17. The van der Waals surface area contributed by atoms with Gasteiger partial charge in [0.15, 0.2) is 0 Å². The smallest absolute Gasteiger partial charge is 0.244 e. The first-order valence-electron chi connectivity index (χ1n) is 15.9. The predicted molar refractivity (Wildman–Crippen MR) is 168 cm³/mol. The van der Waals surface area contributed by atoms with Gasteiger partial charge in [-0.1, -0.05) is 129 Å². The van der Waals surface area contributed by atoms with Crippen molar-refractivity contribution in [3.63, 3.8) is 0 Å².